The van der Waals surface area contributed by atoms with Crippen molar-refractivity contribution >= 4 is 11.6 Å². The van der Waals surface area contributed by atoms with Crippen LogP contribution in [-0.2, 0) is 6.54 Å². The van der Waals surface area contributed by atoms with Crippen molar-refractivity contribution in [1.29, 1.82) is 5.26 Å². The zero-order valence-corrected chi connectivity index (χ0v) is 15.3. The summed E-state index contributed by atoms with van der Waals surface area (Å²) in [5, 5.41) is 15.7. The Balaban J connectivity index is 1.73. The van der Waals surface area contributed by atoms with Gasteiger partial charge in [0.05, 0.1) is 35.9 Å². The first-order chi connectivity index (χ1) is 13.5. The van der Waals surface area contributed by atoms with Crippen molar-refractivity contribution in [1.82, 2.24) is 19.7 Å². The van der Waals surface area contributed by atoms with Crippen molar-refractivity contribution in [2.75, 3.05) is 0 Å². The molecule has 0 aliphatic heterocycles. The molecule has 0 spiro atoms. The van der Waals surface area contributed by atoms with E-state index in [-0.39, 0.29) is 29.3 Å². The maximum atomic E-state index is 13.0. The lowest BCUT2D eigenvalue weighted by atomic mass is 10.2. The van der Waals surface area contributed by atoms with Gasteiger partial charge in [0.2, 0.25) is 5.75 Å². The zero-order valence-electron chi connectivity index (χ0n) is 14.6. The molecule has 1 saturated carbocycles. The number of aromatic amines is 1. The highest BCUT2D eigenvalue weighted by Crippen LogP contribution is 2.42. The van der Waals surface area contributed by atoms with E-state index < -0.39 is 0 Å². The second-order valence-electron chi connectivity index (χ2n) is 6.47. The number of ether oxygens (including phenoxy) is 1. The highest BCUT2D eigenvalue weighted by molar-refractivity contribution is 6.30. The molecule has 1 aliphatic carbocycles. The maximum absolute atomic E-state index is 13.0. The van der Waals surface area contributed by atoms with Crippen LogP contribution in [-0.4, -0.2) is 19.7 Å². The lowest BCUT2D eigenvalue weighted by Crippen LogP contribution is -2.24. The summed E-state index contributed by atoms with van der Waals surface area (Å²) in [4.78, 5) is 28.6. The van der Waals surface area contributed by atoms with Crippen LogP contribution in [0.4, 0.5) is 0 Å². The fraction of sp³-hybridized carbons (Fsp3) is 0.211. The van der Waals surface area contributed by atoms with Gasteiger partial charge in [0, 0.05) is 17.0 Å². The molecule has 4 rings (SSSR count). The topological polar surface area (TPSA) is 114 Å². The van der Waals surface area contributed by atoms with Crippen LogP contribution in [0.1, 0.15) is 35.7 Å². The molecule has 1 N–H and O–H groups in total. The van der Waals surface area contributed by atoms with Gasteiger partial charge in [-0.15, -0.1) is 0 Å². The number of aromatic nitrogens is 4. The highest BCUT2D eigenvalue weighted by atomic mass is 35.5. The van der Waals surface area contributed by atoms with E-state index in [1.54, 1.807) is 6.07 Å². The first kappa shape index (κ1) is 17.9. The van der Waals surface area contributed by atoms with Crippen LogP contribution < -0.4 is 15.9 Å². The Morgan fingerprint density at radius 3 is 2.79 bits per heavy atom. The van der Waals surface area contributed by atoms with Crippen molar-refractivity contribution in [3.8, 4) is 17.6 Å². The minimum atomic E-state index is -0.372. The molecule has 0 saturated heterocycles. The summed E-state index contributed by atoms with van der Waals surface area (Å²) in [6, 6.07) is 9.46. The Hall–Kier alpha value is -3.44. The third-order valence-corrected chi connectivity index (χ3v) is 4.50. The Morgan fingerprint density at radius 1 is 1.29 bits per heavy atom. The highest BCUT2D eigenvalue weighted by Gasteiger charge is 2.31. The Bertz CT molecular complexity index is 1190. The molecule has 140 valence electrons. The van der Waals surface area contributed by atoms with Crippen LogP contribution in [0.3, 0.4) is 0 Å². The maximum Gasteiger partial charge on any atom is 0.297 e. The smallest absolute Gasteiger partial charge is 0.297 e. The number of nitrogens with zero attached hydrogens (tertiary/aromatic N) is 4. The third kappa shape index (κ3) is 3.80. The van der Waals surface area contributed by atoms with Gasteiger partial charge >= 0.3 is 0 Å². The van der Waals surface area contributed by atoms with Crippen molar-refractivity contribution in [2.24, 2.45) is 0 Å². The number of halogens is 1. The fourth-order valence-corrected chi connectivity index (χ4v) is 3.00. The molecule has 1 aromatic carbocycles. The summed E-state index contributed by atoms with van der Waals surface area (Å²) in [6.07, 6.45) is 3.33. The first-order valence-electron chi connectivity index (χ1n) is 8.56. The molecule has 1 aliphatic rings. The predicted octanol–water partition coefficient (Wildman–Crippen LogP) is 2.57. The second kappa shape index (κ2) is 7.29. The number of hydrogen-bond donors (Lipinski definition) is 1. The molecule has 1 fully saturated rings. The van der Waals surface area contributed by atoms with Gasteiger partial charge < -0.3 is 4.74 Å². The van der Waals surface area contributed by atoms with Gasteiger partial charge in [0.15, 0.2) is 0 Å². The molecule has 0 unspecified atom stereocenters. The lowest BCUT2D eigenvalue weighted by molar-refractivity contribution is 0.454. The van der Waals surface area contributed by atoms with E-state index in [0.29, 0.717) is 27.7 Å². The van der Waals surface area contributed by atoms with Gasteiger partial charge in [-0.2, -0.15) is 10.4 Å². The van der Waals surface area contributed by atoms with Crippen molar-refractivity contribution in [3.05, 3.63) is 79.3 Å². The largest absolute Gasteiger partial charge is 0.449 e. The monoisotopic (exact) mass is 395 g/mol. The number of benzene rings is 1. The molecular weight excluding hydrogens is 382 g/mol. The molecule has 8 nitrogen and oxygen atoms in total. The Labute approximate surface area is 164 Å². The van der Waals surface area contributed by atoms with Crippen molar-refractivity contribution < 1.29 is 4.74 Å². The van der Waals surface area contributed by atoms with Crippen LogP contribution in [0.5, 0.6) is 11.5 Å². The molecule has 28 heavy (non-hydrogen) atoms. The molecule has 2 heterocycles. The normalized spacial score (nSPS) is 13.1. The van der Waals surface area contributed by atoms with Crippen LogP contribution in [0.15, 0.2) is 46.2 Å². The summed E-state index contributed by atoms with van der Waals surface area (Å²) in [7, 11) is 0. The Morgan fingerprint density at radius 2 is 2.11 bits per heavy atom. The predicted molar refractivity (Wildman–Crippen MR) is 101 cm³/mol. The lowest BCUT2D eigenvalue weighted by Gasteiger charge is -2.13. The standard InChI is InChI=1S/C19H14ClN5O3/c20-13-5-11(8-21)6-15(7-13)28-18-17(12-1-2-12)22-10-25(19(18)27)9-14-3-4-16(26)24-23-14/h3-7,10,12H,1-2,9H2,(H,24,26). The molecule has 3 aromatic rings. The van der Waals surface area contributed by atoms with Crippen molar-refractivity contribution in [3.63, 3.8) is 0 Å². The van der Waals surface area contributed by atoms with Crippen molar-refractivity contribution in [2.45, 2.75) is 25.3 Å². The van der Waals surface area contributed by atoms with Crippen LogP contribution in [0.2, 0.25) is 5.02 Å². The molecule has 2 aromatic heterocycles. The van der Waals surface area contributed by atoms with Crippen LogP contribution >= 0.6 is 11.6 Å². The van der Waals surface area contributed by atoms with E-state index in [0.717, 1.165) is 12.8 Å². The minimum absolute atomic E-state index is 0.112. The average Bonchev–Trinajstić information content (AvgIpc) is 3.51. The van der Waals surface area contributed by atoms with E-state index in [9.17, 15) is 9.59 Å². The van der Waals surface area contributed by atoms with Gasteiger partial charge in [-0.1, -0.05) is 11.6 Å². The quantitative estimate of drug-likeness (QED) is 0.710. The number of nitriles is 1. The number of hydrogen-bond acceptors (Lipinski definition) is 6. The molecule has 9 heteroatoms. The zero-order chi connectivity index (χ0) is 19.7. The van der Waals surface area contributed by atoms with E-state index in [1.165, 1.54) is 35.2 Å². The summed E-state index contributed by atoms with van der Waals surface area (Å²) < 4.78 is 7.21. The molecule has 0 bridgehead atoms. The van der Waals surface area contributed by atoms with Crippen LogP contribution in [0.25, 0.3) is 0 Å². The van der Waals surface area contributed by atoms with E-state index in [1.807, 2.05) is 6.07 Å². The van der Waals surface area contributed by atoms with Gasteiger partial charge in [0.1, 0.15) is 5.75 Å². The molecule has 0 amide bonds. The van der Waals surface area contributed by atoms with E-state index in [4.69, 9.17) is 21.6 Å². The van der Waals surface area contributed by atoms with Gasteiger partial charge in [-0.3, -0.25) is 14.2 Å². The molecule has 0 radical (unpaired) electrons. The van der Waals surface area contributed by atoms with E-state index in [2.05, 4.69) is 15.2 Å². The summed E-state index contributed by atoms with van der Waals surface area (Å²) in [6.45, 7) is 0.128. The van der Waals surface area contributed by atoms with Gasteiger partial charge in [-0.05, 0) is 37.1 Å². The molecular formula is C19H14ClN5O3. The van der Waals surface area contributed by atoms with Gasteiger partial charge in [0.25, 0.3) is 11.1 Å². The summed E-state index contributed by atoms with van der Waals surface area (Å²) >= 11 is 6.03. The number of nitrogens with one attached hydrogen (secondary N) is 1. The number of rotatable bonds is 5. The van der Waals surface area contributed by atoms with E-state index >= 15 is 0 Å². The minimum Gasteiger partial charge on any atom is -0.449 e. The first-order valence-corrected chi connectivity index (χ1v) is 8.94. The third-order valence-electron chi connectivity index (χ3n) is 4.28. The van der Waals surface area contributed by atoms with Crippen LogP contribution in [0, 0.1) is 11.3 Å². The fourth-order valence-electron chi connectivity index (χ4n) is 2.78. The Kier molecular flexibility index (Phi) is 4.67. The summed E-state index contributed by atoms with van der Waals surface area (Å²) in [5.74, 6) is 0.587. The molecule has 0 atom stereocenters. The van der Waals surface area contributed by atoms with Gasteiger partial charge in [-0.25, -0.2) is 10.1 Å². The number of H-pyrrole nitrogens is 1. The average molecular weight is 396 g/mol. The SMILES string of the molecule is N#Cc1cc(Cl)cc(Oc2c(C3CC3)ncn(Cc3ccc(=O)[nH]n3)c2=O)c1. The second-order valence-corrected chi connectivity index (χ2v) is 6.90. The summed E-state index contributed by atoms with van der Waals surface area (Å²) in [5.41, 5.74) is 0.731.